The molecule has 0 aliphatic rings. The highest BCUT2D eigenvalue weighted by atomic mass is 14.9. The molecule has 0 N–H and O–H groups in total. The minimum atomic E-state index is 0.845. The number of aromatic nitrogens is 11. The van der Waals surface area contributed by atoms with Gasteiger partial charge in [0.25, 0.3) is 0 Å². The third-order valence-corrected chi connectivity index (χ3v) is 14.0. The molecule has 0 amide bonds. The van der Waals surface area contributed by atoms with Gasteiger partial charge in [0.15, 0.2) is 0 Å². The zero-order chi connectivity index (χ0) is 59.2. The quantitative estimate of drug-likeness (QED) is 0.143. The van der Waals surface area contributed by atoms with Crippen LogP contribution in [-0.2, 0) is 0 Å². The van der Waals surface area contributed by atoms with Crippen LogP contribution >= 0.6 is 0 Å². The normalized spacial score (nSPS) is 9.88. The van der Waals surface area contributed by atoms with Crippen molar-refractivity contribution in [1.29, 1.82) is 0 Å². The summed E-state index contributed by atoms with van der Waals surface area (Å²) in [7, 11) is 0. The van der Waals surface area contributed by atoms with Crippen molar-refractivity contribution in [2.45, 2.75) is 201 Å². The summed E-state index contributed by atoms with van der Waals surface area (Å²) in [6.45, 7) is 59.5. The molecule has 1 aromatic carbocycles. The highest BCUT2D eigenvalue weighted by molar-refractivity contribution is 5.43. The van der Waals surface area contributed by atoms with Gasteiger partial charge in [0.05, 0.1) is 17.1 Å². The van der Waals surface area contributed by atoms with Crippen LogP contribution in [0.5, 0.6) is 0 Å². The number of hydrogen-bond donors (Lipinski definition) is 0. The van der Waals surface area contributed by atoms with Crippen LogP contribution in [0.2, 0.25) is 0 Å². The highest BCUT2D eigenvalue weighted by Crippen LogP contribution is 2.20. The Morgan fingerprint density at radius 1 is 0.195 bits per heavy atom. The molecule has 0 unspecified atom stereocenters. The Morgan fingerprint density at radius 3 is 1.00 bits per heavy atom. The molecule has 77 heavy (non-hydrogen) atoms. The van der Waals surface area contributed by atoms with Crippen LogP contribution in [-0.4, -0.2) is 54.8 Å². The molecule has 0 bridgehead atoms. The summed E-state index contributed by atoms with van der Waals surface area (Å²) < 4.78 is 0. The molecule has 11 heteroatoms. The van der Waals surface area contributed by atoms with E-state index in [-0.39, 0.29) is 0 Å². The van der Waals surface area contributed by atoms with Crippen molar-refractivity contribution < 1.29 is 0 Å². The van der Waals surface area contributed by atoms with E-state index in [0.29, 0.717) is 0 Å². The van der Waals surface area contributed by atoms with Gasteiger partial charge >= 0.3 is 0 Å². The second-order valence-corrected chi connectivity index (χ2v) is 20.5. The summed E-state index contributed by atoms with van der Waals surface area (Å²) in [6.07, 6.45) is 7.15. The number of hydrogen-bond acceptors (Lipinski definition) is 11. The van der Waals surface area contributed by atoms with Gasteiger partial charge in [0.2, 0.25) is 0 Å². The minimum Gasteiger partial charge on any atom is -0.261 e. The lowest BCUT2D eigenvalue weighted by atomic mass is 9.96. The van der Waals surface area contributed by atoms with Crippen LogP contribution in [0.25, 0.3) is 0 Å². The van der Waals surface area contributed by atoms with E-state index in [0.717, 1.165) is 91.2 Å². The average Bonchev–Trinajstić information content (AvgIpc) is 3.34. The van der Waals surface area contributed by atoms with Gasteiger partial charge in [-0.25, -0.2) is 29.9 Å². The summed E-state index contributed by atoms with van der Waals surface area (Å²) >= 11 is 0. The summed E-state index contributed by atoms with van der Waals surface area (Å²) in [5.74, 6) is 1.70. The van der Waals surface area contributed by atoms with Gasteiger partial charge in [0, 0.05) is 75.5 Å². The van der Waals surface area contributed by atoms with Crippen molar-refractivity contribution in [2.75, 3.05) is 0 Å². The Hall–Kier alpha value is -7.01. The van der Waals surface area contributed by atoms with Gasteiger partial charge in [-0.15, -0.1) is 0 Å². The fourth-order valence-electron chi connectivity index (χ4n) is 7.28. The summed E-state index contributed by atoms with van der Waals surface area (Å²) in [5, 5.41) is 0. The maximum atomic E-state index is 4.37. The molecular weight excluding hydrogens is 947 g/mol. The average molecular weight is 1040 g/mol. The zero-order valence-corrected chi connectivity index (χ0v) is 53.0. The number of aryl methyl sites for hydroxylation is 22. The molecule has 0 spiro atoms. The Bertz CT molecular complexity index is 2940. The van der Waals surface area contributed by atoms with E-state index in [4.69, 9.17) is 0 Å². The molecule has 414 valence electrons. The minimum absolute atomic E-state index is 0.845. The maximum Gasteiger partial charge on any atom is 0.125 e. The first kappa shape index (κ1) is 68.0. The molecule has 8 rings (SSSR count). The van der Waals surface area contributed by atoms with E-state index in [9.17, 15) is 0 Å². The molecule has 8 aromatic rings. The van der Waals surface area contributed by atoms with Gasteiger partial charge < -0.3 is 0 Å². The molecule has 0 saturated heterocycles. The highest BCUT2D eigenvalue weighted by Gasteiger charge is 2.04. The number of benzene rings is 1. The first-order chi connectivity index (χ1) is 35.7. The lowest BCUT2D eigenvalue weighted by Gasteiger charge is -2.10. The molecule has 0 aliphatic heterocycles. The van der Waals surface area contributed by atoms with E-state index in [1.807, 2.05) is 129 Å². The monoisotopic (exact) mass is 1040 g/mol. The Labute approximate surface area is 466 Å². The van der Waals surface area contributed by atoms with Crippen LogP contribution in [0.15, 0.2) is 49.2 Å². The number of pyridine rings is 3. The second-order valence-electron chi connectivity index (χ2n) is 20.5. The Balaban J connectivity index is 0.000000440. The van der Waals surface area contributed by atoms with Gasteiger partial charge in [-0.3, -0.25) is 24.9 Å². The second kappa shape index (κ2) is 32.5. The Kier molecular flexibility index (Phi) is 28.7. The summed E-state index contributed by atoms with van der Waals surface area (Å²) in [6, 6.07) is 8.52. The van der Waals surface area contributed by atoms with Gasteiger partial charge in [-0.05, 0) is 291 Å². The van der Waals surface area contributed by atoms with Crippen molar-refractivity contribution in [1.82, 2.24) is 54.8 Å². The van der Waals surface area contributed by atoms with Crippen molar-refractivity contribution in [3.05, 3.63) is 213 Å². The van der Waals surface area contributed by atoms with E-state index < -0.39 is 0 Å². The van der Waals surface area contributed by atoms with Gasteiger partial charge in [-0.2, -0.15) is 0 Å². The lowest BCUT2D eigenvalue weighted by Crippen LogP contribution is -1.93. The third-order valence-electron chi connectivity index (χ3n) is 14.0. The molecule has 0 aliphatic carbocycles. The predicted molar refractivity (Wildman–Crippen MR) is 325 cm³/mol. The van der Waals surface area contributed by atoms with Crippen molar-refractivity contribution in [3.8, 4) is 0 Å². The molecule has 0 saturated carbocycles. The molecule has 7 aromatic heterocycles. The van der Waals surface area contributed by atoms with Gasteiger partial charge in [-0.1, -0.05) is 12.1 Å². The summed E-state index contributed by atoms with van der Waals surface area (Å²) in [4.78, 5) is 45.8. The standard InChI is InChI=1S/C11H16.3C9H13N.4C7H10N2/c1-7-6-8(2)10(4)11(5)9(7)3;1-6-5-10-9(4)8(3)7(6)2;1-6-5-7(2)10-9(4)8(6)3;1-6-5-7(2)9(4)10-8(6)3;1-5-6(2)8-4-9-7(5)3;1-5-4-8-6(2)7(3)9-5;1-5-4-8-7(3)9-6(5)2;1-5-4-6(2)9-7(3)8-5/h6H,1-5H3;3*5H,1-4H3;4*4H,1-3H3. The Morgan fingerprint density at radius 2 is 0.597 bits per heavy atom. The van der Waals surface area contributed by atoms with Crippen LogP contribution in [0.1, 0.15) is 164 Å². The van der Waals surface area contributed by atoms with Crippen molar-refractivity contribution in [3.63, 3.8) is 0 Å². The number of nitrogens with zero attached hydrogens (tertiary/aromatic N) is 11. The fraction of sp³-hybridized carbons (Fsp3) is 0.439. The molecule has 11 nitrogen and oxygen atoms in total. The lowest BCUT2D eigenvalue weighted by molar-refractivity contribution is 0.976. The third kappa shape index (κ3) is 23.8. The zero-order valence-electron chi connectivity index (χ0n) is 53.0. The van der Waals surface area contributed by atoms with E-state index in [1.165, 1.54) is 72.3 Å². The first-order valence-electron chi connectivity index (χ1n) is 26.5. The van der Waals surface area contributed by atoms with Crippen molar-refractivity contribution in [2.24, 2.45) is 0 Å². The molecule has 0 radical (unpaired) electrons. The first-order valence-corrected chi connectivity index (χ1v) is 26.5. The smallest absolute Gasteiger partial charge is 0.125 e. The van der Waals surface area contributed by atoms with Crippen LogP contribution in [0.4, 0.5) is 0 Å². The van der Waals surface area contributed by atoms with Gasteiger partial charge in [0.1, 0.15) is 18.0 Å². The molecule has 7 heterocycles. The number of rotatable bonds is 0. The SMILES string of the molecule is Cc1cc(C)c(C)c(C)c1C.Cc1cc(C)c(C)c(C)n1.Cc1cc(C)c(C)nc1C.Cc1cc(C)nc(C)n1.Cc1cnc(C)c(C)c1C.Cc1cnc(C)c(C)n1.Cc1ncc(C)c(C)n1.Cc1ncnc(C)c1C. The van der Waals surface area contributed by atoms with E-state index in [2.05, 4.69) is 163 Å². The largest absolute Gasteiger partial charge is 0.261 e. The molecule has 0 atom stereocenters. The summed E-state index contributed by atoms with van der Waals surface area (Å²) in [5.41, 5.74) is 32.7. The molecule has 0 fully saturated rings. The van der Waals surface area contributed by atoms with E-state index >= 15 is 0 Å². The predicted octanol–water partition coefficient (Wildman–Crippen LogP) is 15.8. The maximum absolute atomic E-state index is 4.37. The van der Waals surface area contributed by atoms with Crippen LogP contribution in [0, 0.1) is 201 Å². The topological polar surface area (TPSA) is 142 Å². The van der Waals surface area contributed by atoms with Crippen molar-refractivity contribution >= 4 is 0 Å². The van der Waals surface area contributed by atoms with E-state index in [1.54, 1.807) is 12.5 Å². The fourth-order valence-corrected chi connectivity index (χ4v) is 7.28. The van der Waals surface area contributed by atoms with Crippen LogP contribution in [0.3, 0.4) is 0 Å². The molecular formula is C66H95N11. The van der Waals surface area contributed by atoms with Crippen LogP contribution < -0.4 is 0 Å².